The van der Waals surface area contributed by atoms with Crippen molar-refractivity contribution in [3.05, 3.63) is 0 Å². The Morgan fingerprint density at radius 2 is 1.88 bits per heavy atom. The summed E-state index contributed by atoms with van der Waals surface area (Å²) in [5.41, 5.74) is 0. The molecule has 0 aliphatic heterocycles. The molecule has 1 aliphatic rings. The highest BCUT2D eigenvalue weighted by atomic mass is 16.2. The Kier molecular flexibility index (Phi) is 6.46. The minimum Gasteiger partial charge on any atom is -0.345 e. The Morgan fingerprint density at radius 3 is 2.44 bits per heavy atom. The Bertz CT molecular complexity index is 198. The van der Waals surface area contributed by atoms with Gasteiger partial charge in [0, 0.05) is 19.5 Å². The van der Waals surface area contributed by atoms with Crippen molar-refractivity contribution in [2.24, 2.45) is 5.92 Å². The lowest BCUT2D eigenvalue weighted by Crippen LogP contribution is -2.34. The van der Waals surface area contributed by atoms with Crippen LogP contribution in [0.1, 0.15) is 44.9 Å². The molecule has 0 bridgehead atoms. The zero-order valence-electron chi connectivity index (χ0n) is 10.8. The van der Waals surface area contributed by atoms with E-state index in [1.165, 1.54) is 25.7 Å². The van der Waals surface area contributed by atoms with Crippen LogP contribution in [0, 0.1) is 5.92 Å². The third-order valence-corrected chi connectivity index (χ3v) is 3.50. The molecule has 16 heavy (non-hydrogen) atoms. The van der Waals surface area contributed by atoms with E-state index in [0.29, 0.717) is 11.8 Å². The van der Waals surface area contributed by atoms with Gasteiger partial charge < -0.3 is 10.2 Å². The highest BCUT2D eigenvalue weighted by molar-refractivity contribution is 5.78. The molecule has 1 aliphatic carbocycles. The maximum absolute atomic E-state index is 12.2. The summed E-state index contributed by atoms with van der Waals surface area (Å²) in [4.78, 5) is 14.1. The second kappa shape index (κ2) is 7.66. The first-order chi connectivity index (χ1) is 7.75. The van der Waals surface area contributed by atoms with Gasteiger partial charge in [-0.25, -0.2) is 0 Å². The lowest BCUT2D eigenvalue weighted by atomic mass is 9.99. The molecule has 1 saturated carbocycles. The standard InChI is InChI=1S/C13H26N2O/c1-14-10-7-11-15(2)13(16)12-8-5-3-4-6-9-12/h12,14H,3-11H2,1-2H3. The fourth-order valence-corrected chi connectivity index (χ4v) is 2.44. The van der Waals surface area contributed by atoms with Gasteiger partial charge in [0.1, 0.15) is 0 Å². The molecule has 0 aromatic carbocycles. The van der Waals surface area contributed by atoms with E-state index in [0.717, 1.165) is 32.4 Å². The zero-order valence-corrected chi connectivity index (χ0v) is 10.8. The van der Waals surface area contributed by atoms with Gasteiger partial charge in [-0.2, -0.15) is 0 Å². The second-order valence-electron chi connectivity index (χ2n) is 4.91. The molecule has 0 radical (unpaired) electrons. The van der Waals surface area contributed by atoms with E-state index in [9.17, 15) is 4.79 Å². The lowest BCUT2D eigenvalue weighted by molar-refractivity contribution is -0.134. The summed E-state index contributed by atoms with van der Waals surface area (Å²) in [6, 6.07) is 0. The number of hydrogen-bond donors (Lipinski definition) is 1. The van der Waals surface area contributed by atoms with Crippen LogP contribution in [-0.4, -0.2) is 38.0 Å². The van der Waals surface area contributed by atoms with Crippen molar-refractivity contribution in [2.75, 3.05) is 27.2 Å². The molecule has 0 aromatic heterocycles. The van der Waals surface area contributed by atoms with Crippen LogP contribution in [-0.2, 0) is 4.79 Å². The Labute approximate surface area is 99.6 Å². The van der Waals surface area contributed by atoms with E-state index < -0.39 is 0 Å². The number of rotatable bonds is 5. The van der Waals surface area contributed by atoms with Gasteiger partial charge in [0.2, 0.25) is 5.91 Å². The normalized spacial score (nSPS) is 18.1. The molecule has 1 rings (SSSR count). The topological polar surface area (TPSA) is 32.3 Å². The quantitative estimate of drug-likeness (QED) is 0.574. The summed E-state index contributed by atoms with van der Waals surface area (Å²) in [5.74, 6) is 0.681. The van der Waals surface area contributed by atoms with Crippen molar-refractivity contribution in [2.45, 2.75) is 44.9 Å². The first-order valence-electron chi connectivity index (χ1n) is 6.65. The van der Waals surface area contributed by atoms with Gasteiger partial charge in [0.25, 0.3) is 0 Å². The SMILES string of the molecule is CNCCCN(C)C(=O)C1CCCCCC1. The molecule has 0 heterocycles. The fourth-order valence-electron chi connectivity index (χ4n) is 2.44. The number of hydrogen-bond acceptors (Lipinski definition) is 2. The molecule has 0 saturated heterocycles. The summed E-state index contributed by atoms with van der Waals surface area (Å²) in [6.45, 7) is 1.87. The van der Waals surface area contributed by atoms with Crippen LogP contribution >= 0.6 is 0 Å². The molecule has 0 aromatic rings. The van der Waals surface area contributed by atoms with Crippen LogP contribution in [0.25, 0.3) is 0 Å². The van der Waals surface area contributed by atoms with Gasteiger partial charge in [-0.05, 0) is 32.9 Å². The van der Waals surface area contributed by atoms with Crippen molar-refractivity contribution >= 4 is 5.91 Å². The van der Waals surface area contributed by atoms with Crippen molar-refractivity contribution in [1.82, 2.24) is 10.2 Å². The highest BCUT2D eigenvalue weighted by Crippen LogP contribution is 2.24. The van der Waals surface area contributed by atoms with Crippen LogP contribution < -0.4 is 5.32 Å². The molecule has 3 nitrogen and oxygen atoms in total. The van der Waals surface area contributed by atoms with Gasteiger partial charge in [0.05, 0.1) is 0 Å². The minimum atomic E-state index is 0.307. The van der Waals surface area contributed by atoms with Gasteiger partial charge in [-0.3, -0.25) is 4.79 Å². The smallest absolute Gasteiger partial charge is 0.225 e. The maximum Gasteiger partial charge on any atom is 0.225 e. The molecule has 3 heteroatoms. The van der Waals surface area contributed by atoms with Crippen LogP contribution in [0.15, 0.2) is 0 Å². The predicted octanol–water partition coefficient (Wildman–Crippen LogP) is 2.02. The van der Waals surface area contributed by atoms with E-state index in [1.807, 2.05) is 19.0 Å². The minimum absolute atomic E-state index is 0.307. The van der Waals surface area contributed by atoms with Crippen LogP contribution in [0.4, 0.5) is 0 Å². The third-order valence-electron chi connectivity index (χ3n) is 3.50. The molecule has 0 unspecified atom stereocenters. The average molecular weight is 226 g/mol. The van der Waals surface area contributed by atoms with Gasteiger partial charge >= 0.3 is 0 Å². The van der Waals surface area contributed by atoms with Gasteiger partial charge in [0.15, 0.2) is 0 Å². The molecule has 1 N–H and O–H groups in total. The molecule has 0 atom stereocenters. The maximum atomic E-state index is 12.2. The Morgan fingerprint density at radius 1 is 1.25 bits per heavy atom. The van der Waals surface area contributed by atoms with Crippen LogP contribution in [0.5, 0.6) is 0 Å². The van der Waals surface area contributed by atoms with Crippen LogP contribution in [0.2, 0.25) is 0 Å². The van der Waals surface area contributed by atoms with Crippen molar-refractivity contribution < 1.29 is 4.79 Å². The first-order valence-corrected chi connectivity index (χ1v) is 6.65. The van der Waals surface area contributed by atoms with Crippen LogP contribution in [0.3, 0.4) is 0 Å². The van der Waals surface area contributed by atoms with E-state index >= 15 is 0 Å². The largest absolute Gasteiger partial charge is 0.345 e. The molecular weight excluding hydrogens is 200 g/mol. The summed E-state index contributed by atoms with van der Waals surface area (Å²) >= 11 is 0. The third kappa shape index (κ3) is 4.52. The van der Waals surface area contributed by atoms with E-state index in [4.69, 9.17) is 0 Å². The summed E-state index contributed by atoms with van der Waals surface area (Å²) in [7, 11) is 3.90. The average Bonchev–Trinajstić information content (AvgIpc) is 2.56. The monoisotopic (exact) mass is 226 g/mol. The zero-order chi connectivity index (χ0) is 11.8. The molecule has 1 fully saturated rings. The van der Waals surface area contributed by atoms with E-state index in [-0.39, 0.29) is 0 Å². The number of nitrogens with zero attached hydrogens (tertiary/aromatic N) is 1. The second-order valence-corrected chi connectivity index (χ2v) is 4.91. The summed E-state index contributed by atoms with van der Waals surface area (Å²) < 4.78 is 0. The van der Waals surface area contributed by atoms with Crippen molar-refractivity contribution in [3.63, 3.8) is 0 Å². The molecular formula is C13H26N2O. The summed E-state index contributed by atoms with van der Waals surface area (Å²) in [5, 5.41) is 3.11. The first kappa shape index (κ1) is 13.5. The number of carbonyl (C=O) groups excluding carboxylic acids is 1. The van der Waals surface area contributed by atoms with E-state index in [1.54, 1.807) is 0 Å². The Balaban J connectivity index is 2.30. The molecule has 0 spiro atoms. The molecule has 1 amide bonds. The van der Waals surface area contributed by atoms with E-state index in [2.05, 4.69) is 5.32 Å². The number of nitrogens with one attached hydrogen (secondary N) is 1. The van der Waals surface area contributed by atoms with Crippen molar-refractivity contribution in [3.8, 4) is 0 Å². The molecule has 94 valence electrons. The lowest BCUT2D eigenvalue weighted by Gasteiger charge is -2.22. The number of carbonyl (C=O) groups is 1. The Hall–Kier alpha value is -0.570. The van der Waals surface area contributed by atoms with Crippen molar-refractivity contribution in [1.29, 1.82) is 0 Å². The number of amides is 1. The van der Waals surface area contributed by atoms with Gasteiger partial charge in [-0.1, -0.05) is 25.7 Å². The summed E-state index contributed by atoms with van der Waals surface area (Å²) in [6.07, 6.45) is 8.36. The fraction of sp³-hybridized carbons (Fsp3) is 0.923. The van der Waals surface area contributed by atoms with Gasteiger partial charge in [-0.15, -0.1) is 0 Å². The predicted molar refractivity (Wildman–Crippen MR) is 67.4 cm³/mol. The highest BCUT2D eigenvalue weighted by Gasteiger charge is 2.22.